The monoisotopic (exact) mass is 332 g/mol. The fourth-order valence-electron chi connectivity index (χ4n) is 1.49. The molecule has 1 N–H and O–H groups in total. The predicted molar refractivity (Wildman–Crippen MR) is 73.0 cm³/mol. The van der Waals surface area contributed by atoms with Crippen molar-refractivity contribution in [3.8, 4) is 0 Å². The van der Waals surface area contributed by atoms with Crippen molar-refractivity contribution < 1.29 is 14.1 Å². The van der Waals surface area contributed by atoms with E-state index in [1.165, 1.54) is 0 Å². The number of nitro groups is 1. The highest BCUT2D eigenvalue weighted by Gasteiger charge is 2.22. The highest BCUT2D eigenvalue weighted by molar-refractivity contribution is 9.09. The van der Waals surface area contributed by atoms with E-state index in [9.17, 15) is 19.3 Å². The molecule has 0 saturated carbocycles. The van der Waals surface area contributed by atoms with E-state index in [0.29, 0.717) is 11.8 Å². The van der Waals surface area contributed by atoms with Gasteiger partial charge in [-0.05, 0) is 26.3 Å². The van der Waals surface area contributed by atoms with Crippen LogP contribution in [0.3, 0.4) is 0 Å². The number of nitrogens with one attached hydrogen (secondary N) is 1. The van der Waals surface area contributed by atoms with Gasteiger partial charge in [0.2, 0.25) is 0 Å². The summed E-state index contributed by atoms with van der Waals surface area (Å²) in [5, 5.41) is 14.0. The second kappa shape index (κ2) is 6.10. The first kappa shape index (κ1) is 15.6. The van der Waals surface area contributed by atoms with Crippen molar-refractivity contribution in [3.63, 3.8) is 0 Å². The number of carbonyl (C=O) groups is 1. The van der Waals surface area contributed by atoms with Gasteiger partial charge in [0.1, 0.15) is 5.82 Å². The molecule has 0 aromatic heterocycles. The molecule has 0 heterocycles. The van der Waals surface area contributed by atoms with Crippen LogP contribution in [0.1, 0.15) is 30.6 Å². The summed E-state index contributed by atoms with van der Waals surface area (Å²) in [5.74, 6) is -1.34. The Morgan fingerprint density at radius 2 is 2.11 bits per heavy atom. The van der Waals surface area contributed by atoms with Gasteiger partial charge in [0.15, 0.2) is 0 Å². The molecule has 1 amide bonds. The first-order valence-corrected chi connectivity index (χ1v) is 6.71. The zero-order valence-corrected chi connectivity index (χ0v) is 12.2. The number of carbonyl (C=O) groups excluding carboxylic acids is 1. The standard InChI is InChI=1S/C12H14BrFN2O3/c1-12(2,3-4-13)15-11(17)8-5-9(14)7-10(6-8)16(18)19/h5-7H,3-4H2,1-2H3,(H,15,17). The quantitative estimate of drug-likeness (QED) is 0.511. The number of amides is 1. The first-order valence-electron chi connectivity index (χ1n) is 5.58. The molecule has 19 heavy (non-hydrogen) atoms. The Bertz CT molecular complexity index is 506. The van der Waals surface area contributed by atoms with Crippen molar-refractivity contribution in [2.75, 3.05) is 5.33 Å². The highest BCUT2D eigenvalue weighted by Crippen LogP contribution is 2.18. The van der Waals surface area contributed by atoms with E-state index in [2.05, 4.69) is 21.2 Å². The van der Waals surface area contributed by atoms with E-state index in [1.54, 1.807) is 0 Å². The maximum absolute atomic E-state index is 13.2. The van der Waals surface area contributed by atoms with Gasteiger partial charge in [0.25, 0.3) is 11.6 Å². The largest absolute Gasteiger partial charge is 0.347 e. The van der Waals surface area contributed by atoms with Crippen molar-refractivity contribution in [2.24, 2.45) is 0 Å². The topological polar surface area (TPSA) is 72.2 Å². The molecule has 0 bridgehead atoms. The van der Waals surface area contributed by atoms with Crippen LogP contribution in [0.15, 0.2) is 18.2 Å². The molecule has 7 heteroatoms. The Morgan fingerprint density at radius 3 is 2.63 bits per heavy atom. The minimum atomic E-state index is -0.808. The lowest BCUT2D eigenvalue weighted by Crippen LogP contribution is -2.43. The maximum Gasteiger partial charge on any atom is 0.273 e. The summed E-state index contributed by atoms with van der Waals surface area (Å²) in [4.78, 5) is 21.8. The number of nitro benzene ring substituents is 1. The molecule has 1 aromatic carbocycles. The van der Waals surface area contributed by atoms with Crippen molar-refractivity contribution in [2.45, 2.75) is 25.8 Å². The molecule has 0 aliphatic carbocycles. The van der Waals surface area contributed by atoms with Crippen LogP contribution in [0.4, 0.5) is 10.1 Å². The number of nitrogens with zero attached hydrogens (tertiary/aromatic N) is 1. The molecule has 0 aliphatic heterocycles. The molecule has 0 unspecified atom stereocenters. The molecule has 1 aromatic rings. The molecule has 0 saturated heterocycles. The predicted octanol–water partition coefficient (Wildman–Crippen LogP) is 3.03. The van der Waals surface area contributed by atoms with Crippen LogP contribution in [-0.2, 0) is 0 Å². The third-order valence-electron chi connectivity index (χ3n) is 2.53. The second-order valence-electron chi connectivity index (χ2n) is 4.73. The Kier molecular flexibility index (Phi) is 4.99. The number of non-ortho nitro benzene ring substituents is 1. The molecule has 5 nitrogen and oxygen atoms in total. The minimum Gasteiger partial charge on any atom is -0.347 e. The summed E-state index contributed by atoms with van der Waals surface area (Å²) in [6, 6.07) is 2.82. The van der Waals surface area contributed by atoms with Gasteiger partial charge in [-0.2, -0.15) is 0 Å². The number of halogens is 2. The molecule has 0 atom stereocenters. The van der Waals surface area contributed by atoms with Crippen LogP contribution in [-0.4, -0.2) is 21.7 Å². The maximum atomic E-state index is 13.2. The van der Waals surface area contributed by atoms with Gasteiger partial charge in [0, 0.05) is 22.5 Å². The Labute approximate surface area is 118 Å². The van der Waals surface area contributed by atoms with Gasteiger partial charge in [-0.3, -0.25) is 14.9 Å². The summed E-state index contributed by atoms with van der Waals surface area (Å²) in [6.07, 6.45) is 0.677. The van der Waals surface area contributed by atoms with Crippen LogP contribution in [0.2, 0.25) is 0 Å². The van der Waals surface area contributed by atoms with Crippen LogP contribution < -0.4 is 5.32 Å². The highest BCUT2D eigenvalue weighted by atomic mass is 79.9. The van der Waals surface area contributed by atoms with Gasteiger partial charge in [-0.15, -0.1) is 0 Å². The van der Waals surface area contributed by atoms with Crippen LogP contribution in [0.5, 0.6) is 0 Å². The van der Waals surface area contributed by atoms with Crippen molar-refractivity contribution in [1.29, 1.82) is 0 Å². The van der Waals surface area contributed by atoms with Gasteiger partial charge in [-0.25, -0.2) is 4.39 Å². The number of alkyl halides is 1. The van der Waals surface area contributed by atoms with Gasteiger partial charge in [0.05, 0.1) is 11.0 Å². The van der Waals surface area contributed by atoms with Crippen LogP contribution >= 0.6 is 15.9 Å². The third kappa shape index (κ3) is 4.59. The van der Waals surface area contributed by atoms with E-state index in [-0.39, 0.29) is 5.56 Å². The van der Waals surface area contributed by atoms with Crippen molar-refractivity contribution >= 4 is 27.5 Å². The van der Waals surface area contributed by atoms with Gasteiger partial charge in [-0.1, -0.05) is 15.9 Å². The average molecular weight is 333 g/mol. The molecule has 0 fully saturated rings. The van der Waals surface area contributed by atoms with Gasteiger partial charge >= 0.3 is 0 Å². The first-order chi connectivity index (χ1) is 8.75. The van der Waals surface area contributed by atoms with Crippen molar-refractivity contribution in [1.82, 2.24) is 5.32 Å². The smallest absolute Gasteiger partial charge is 0.273 e. The lowest BCUT2D eigenvalue weighted by Gasteiger charge is -2.25. The van der Waals surface area contributed by atoms with E-state index < -0.39 is 27.9 Å². The second-order valence-corrected chi connectivity index (χ2v) is 5.53. The van der Waals surface area contributed by atoms with Crippen molar-refractivity contribution in [3.05, 3.63) is 39.7 Å². The normalized spacial score (nSPS) is 11.2. The molecule has 1 rings (SSSR count). The average Bonchev–Trinajstić information content (AvgIpc) is 2.27. The van der Waals surface area contributed by atoms with Gasteiger partial charge < -0.3 is 5.32 Å². The third-order valence-corrected chi connectivity index (χ3v) is 2.92. The molecule has 0 spiro atoms. The summed E-state index contributed by atoms with van der Waals surface area (Å²) in [6.45, 7) is 3.64. The number of hydrogen-bond acceptors (Lipinski definition) is 3. The Hall–Kier alpha value is -1.50. The number of benzene rings is 1. The number of hydrogen-bond donors (Lipinski definition) is 1. The molecule has 104 valence electrons. The van der Waals surface area contributed by atoms with E-state index in [1.807, 2.05) is 13.8 Å². The summed E-state index contributed by atoms with van der Waals surface area (Å²) >= 11 is 3.27. The fraction of sp³-hybridized carbons (Fsp3) is 0.417. The van der Waals surface area contributed by atoms with E-state index in [0.717, 1.165) is 18.2 Å². The number of rotatable bonds is 5. The summed E-state index contributed by atoms with van der Waals surface area (Å²) in [7, 11) is 0. The zero-order valence-electron chi connectivity index (χ0n) is 10.6. The lowest BCUT2D eigenvalue weighted by atomic mass is 10.0. The Balaban J connectivity index is 2.97. The van der Waals surface area contributed by atoms with Crippen LogP contribution in [0.25, 0.3) is 0 Å². The lowest BCUT2D eigenvalue weighted by molar-refractivity contribution is -0.385. The molecular weight excluding hydrogens is 319 g/mol. The fourth-order valence-corrected chi connectivity index (χ4v) is 2.48. The summed E-state index contributed by atoms with van der Waals surface area (Å²) < 4.78 is 13.2. The molecule has 0 aliphatic rings. The zero-order chi connectivity index (χ0) is 14.6. The SMILES string of the molecule is CC(C)(CCBr)NC(=O)c1cc(F)cc([N+](=O)[O-])c1. The van der Waals surface area contributed by atoms with E-state index >= 15 is 0 Å². The molecular formula is C12H14BrFN2O3. The minimum absolute atomic E-state index is 0.0608. The molecule has 0 radical (unpaired) electrons. The Morgan fingerprint density at radius 1 is 1.47 bits per heavy atom. The summed E-state index contributed by atoms with van der Waals surface area (Å²) in [5.41, 5.74) is -0.986. The van der Waals surface area contributed by atoms with Crippen LogP contribution in [0, 0.1) is 15.9 Å². The van der Waals surface area contributed by atoms with E-state index in [4.69, 9.17) is 0 Å².